The number of ether oxygens (including phenoxy) is 2. The van der Waals surface area contributed by atoms with E-state index >= 15 is 0 Å². The highest BCUT2D eigenvalue weighted by Gasteiger charge is 2.32. The van der Waals surface area contributed by atoms with Gasteiger partial charge >= 0.3 is 5.97 Å². The second-order valence-corrected chi connectivity index (χ2v) is 10.6. The van der Waals surface area contributed by atoms with Crippen molar-refractivity contribution in [1.82, 2.24) is 14.0 Å². The van der Waals surface area contributed by atoms with Crippen molar-refractivity contribution in [2.45, 2.75) is 26.4 Å². The lowest BCUT2D eigenvalue weighted by atomic mass is 10.1. The van der Waals surface area contributed by atoms with E-state index in [0.29, 0.717) is 5.84 Å². The summed E-state index contributed by atoms with van der Waals surface area (Å²) in [6.45, 7) is 5.15. The molecular formula is C31H32N4O4. The molecule has 0 atom stereocenters. The maximum Gasteiger partial charge on any atom is 0.326 e. The Labute approximate surface area is 227 Å². The zero-order valence-corrected chi connectivity index (χ0v) is 23.1. The molecule has 0 aliphatic carbocycles. The van der Waals surface area contributed by atoms with Crippen molar-refractivity contribution in [3.05, 3.63) is 77.8 Å². The Kier molecular flexibility index (Phi) is 6.64. The van der Waals surface area contributed by atoms with Gasteiger partial charge in [0.25, 0.3) is 5.91 Å². The molecule has 0 bridgehead atoms. The van der Waals surface area contributed by atoms with Crippen LogP contribution in [0, 0.1) is 0 Å². The first-order chi connectivity index (χ1) is 18.5. The summed E-state index contributed by atoms with van der Waals surface area (Å²) >= 11 is 0. The molecule has 0 spiro atoms. The Bertz CT molecular complexity index is 1690. The molecule has 5 rings (SSSR count). The van der Waals surface area contributed by atoms with Crippen molar-refractivity contribution in [1.29, 1.82) is 0 Å². The number of carbonyl (C=O) groups is 2. The van der Waals surface area contributed by atoms with E-state index in [-0.39, 0.29) is 18.1 Å². The predicted molar refractivity (Wildman–Crippen MR) is 154 cm³/mol. The van der Waals surface area contributed by atoms with Crippen LogP contribution in [0.25, 0.3) is 34.0 Å². The number of hydrogen-bond acceptors (Lipinski definition) is 5. The largest absolute Gasteiger partial charge is 0.497 e. The first kappa shape index (κ1) is 26.0. The van der Waals surface area contributed by atoms with Crippen molar-refractivity contribution < 1.29 is 19.1 Å². The van der Waals surface area contributed by atoms with E-state index in [1.807, 2.05) is 84.2 Å². The molecule has 2 aromatic carbocycles. The van der Waals surface area contributed by atoms with Crippen LogP contribution in [0.4, 0.5) is 0 Å². The fraction of sp³-hybridized carbons (Fsp3) is 0.258. The molecule has 0 fully saturated rings. The van der Waals surface area contributed by atoms with E-state index in [1.165, 1.54) is 4.90 Å². The van der Waals surface area contributed by atoms with Crippen molar-refractivity contribution in [2.24, 2.45) is 19.1 Å². The number of benzene rings is 2. The third-order valence-electron chi connectivity index (χ3n) is 6.54. The molecule has 200 valence electrons. The third kappa shape index (κ3) is 5.23. The van der Waals surface area contributed by atoms with Gasteiger partial charge < -0.3 is 18.6 Å². The maximum atomic E-state index is 13.5. The number of hydrogen-bond donors (Lipinski definition) is 0. The number of rotatable bonds is 6. The van der Waals surface area contributed by atoms with E-state index in [9.17, 15) is 9.59 Å². The maximum absolute atomic E-state index is 13.5. The van der Waals surface area contributed by atoms with Crippen LogP contribution in [0.3, 0.4) is 0 Å². The predicted octanol–water partition coefficient (Wildman–Crippen LogP) is 5.32. The Morgan fingerprint density at radius 3 is 2.36 bits per heavy atom. The van der Waals surface area contributed by atoms with E-state index < -0.39 is 11.6 Å². The topological polar surface area (TPSA) is 78.1 Å². The van der Waals surface area contributed by atoms with Crippen molar-refractivity contribution in [2.75, 3.05) is 13.7 Å². The number of amides is 1. The molecule has 39 heavy (non-hydrogen) atoms. The van der Waals surface area contributed by atoms with Gasteiger partial charge in [-0.2, -0.15) is 0 Å². The lowest BCUT2D eigenvalue weighted by molar-refractivity contribution is -0.156. The standard InChI is InChI=1S/C31H32N4O4/c1-31(2,3)39-29(36)19-35-28(14-11-20-17-33(4)27-13-12-22(38-6)16-24(20)27)32-25(30(35)37)15-21-18-34(5)26-10-8-7-9-23(21)26/h7-18H,19H2,1-6H3/b14-11+,25-15-. The van der Waals surface area contributed by atoms with Gasteiger partial charge in [-0.3, -0.25) is 14.5 Å². The van der Waals surface area contributed by atoms with Crippen LogP contribution >= 0.6 is 0 Å². The highest BCUT2D eigenvalue weighted by molar-refractivity contribution is 6.20. The second-order valence-electron chi connectivity index (χ2n) is 10.6. The summed E-state index contributed by atoms with van der Waals surface area (Å²) < 4.78 is 15.0. The van der Waals surface area contributed by atoms with E-state index in [4.69, 9.17) is 9.47 Å². The molecule has 0 saturated heterocycles. The molecule has 8 heteroatoms. The number of fused-ring (bicyclic) bond motifs is 2. The van der Waals surface area contributed by atoms with Gasteiger partial charge in [-0.05, 0) is 63.3 Å². The Balaban J connectivity index is 1.54. The van der Waals surface area contributed by atoms with Crippen LogP contribution in [-0.4, -0.2) is 51.0 Å². The zero-order chi connectivity index (χ0) is 27.9. The van der Waals surface area contributed by atoms with Crippen molar-refractivity contribution >= 4 is 51.7 Å². The number of amidine groups is 1. The number of methoxy groups -OCH3 is 1. The van der Waals surface area contributed by atoms with Crippen LogP contribution in [0.1, 0.15) is 31.9 Å². The number of nitrogens with zero attached hydrogens (tertiary/aromatic N) is 4. The molecule has 1 amide bonds. The molecule has 0 unspecified atom stereocenters. The number of aryl methyl sites for hydroxylation is 2. The van der Waals surface area contributed by atoms with Gasteiger partial charge in [-0.15, -0.1) is 0 Å². The lowest BCUT2D eigenvalue weighted by Crippen LogP contribution is -2.39. The highest BCUT2D eigenvalue weighted by Crippen LogP contribution is 2.28. The summed E-state index contributed by atoms with van der Waals surface area (Å²) in [6.07, 6.45) is 9.41. The molecule has 0 saturated carbocycles. The van der Waals surface area contributed by atoms with Gasteiger partial charge in [0.1, 0.15) is 29.4 Å². The first-order valence-electron chi connectivity index (χ1n) is 12.7. The minimum Gasteiger partial charge on any atom is -0.497 e. The van der Waals surface area contributed by atoms with Gasteiger partial charge in [0.15, 0.2) is 0 Å². The third-order valence-corrected chi connectivity index (χ3v) is 6.54. The quantitative estimate of drug-likeness (QED) is 0.253. The van der Waals surface area contributed by atoms with Crippen molar-refractivity contribution in [3.8, 4) is 5.75 Å². The minimum absolute atomic E-state index is 0.241. The Morgan fingerprint density at radius 1 is 0.949 bits per heavy atom. The summed E-state index contributed by atoms with van der Waals surface area (Å²) in [5, 5.41) is 2.02. The summed E-state index contributed by atoms with van der Waals surface area (Å²) in [5.74, 6) is 0.270. The summed E-state index contributed by atoms with van der Waals surface area (Å²) in [4.78, 5) is 32.3. The summed E-state index contributed by atoms with van der Waals surface area (Å²) in [6, 6.07) is 13.9. The fourth-order valence-corrected chi connectivity index (χ4v) is 4.81. The van der Waals surface area contributed by atoms with E-state index in [0.717, 1.165) is 38.7 Å². The molecule has 0 radical (unpaired) electrons. The number of para-hydroxylation sites is 1. The van der Waals surface area contributed by atoms with Crippen LogP contribution in [-0.2, 0) is 28.4 Å². The van der Waals surface area contributed by atoms with Gasteiger partial charge in [-0.1, -0.05) is 18.2 Å². The number of aliphatic imine (C=N–C) groups is 1. The van der Waals surface area contributed by atoms with Gasteiger partial charge in [0.2, 0.25) is 0 Å². The average molecular weight is 525 g/mol. The smallest absolute Gasteiger partial charge is 0.326 e. The van der Waals surface area contributed by atoms with Gasteiger partial charge in [0.05, 0.1) is 7.11 Å². The van der Waals surface area contributed by atoms with Crippen LogP contribution in [0.2, 0.25) is 0 Å². The van der Waals surface area contributed by atoms with Crippen LogP contribution in [0.15, 0.2) is 71.6 Å². The molecular weight excluding hydrogens is 492 g/mol. The zero-order valence-electron chi connectivity index (χ0n) is 23.1. The SMILES string of the molecule is COc1ccc2c(c1)c(/C=C/C1=NC(=C\c3cn(C)c4ccccc34)/C(=O)N1CC(=O)OC(C)(C)C)cn2C. The molecule has 3 heterocycles. The molecule has 4 aromatic rings. The molecule has 0 N–H and O–H groups in total. The van der Waals surface area contributed by atoms with Crippen LogP contribution in [0.5, 0.6) is 5.75 Å². The average Bonchev–Trinajstić information content (AvgIpc) is 3.48. The van der Waals surface area contributed by atoms with E-state index in [2.05, 4.69) is 4.99 Å². The molecule has 8 nitrogen and oxygen atoms in total. The van der Waals surface area contributed by atoms with Gasteiger partial charge in [-0.25, -0.2) is 4.99 Å². The van der Waals surface area contributed by atoms with Gasteiger partial charge in [0, 0.05) is 59.4 Å². The van der Waals surface area contributed by atoms with Crippen LogP contribution < -0.4 is 4.74 Å². The molecule has 2 aromatic heterocycles. The lowest BCUT2D eigenvalue weighted by Gasteiger charge is -2.22. The Hall–Kier alpha value is -4.59. The molecule has 1 aliphatic heterocycles. The second kappa shape index (κ2) is 9.94. The summed E-state index contributed by atoms with van der Waals surface area (Å²) in [5.41, 5.74) is 3.50. The number of esters is 1. The number of carbonyl (C=O) groups excluding carboxylic acids is 2. The minimum atomic E-state index is -0.670. The summed E-state index contributed by atoms with van der Waals surface area (Å²) in [7, 11) is 5.58. The van der Waals surface area contributed by atoms with E-state index in [1.54, 1.807) is 40.0 Å². The Morgan fingerprint density at radius 2 is 1.64 bits per heavy atom. The first-order valence-corrected chi connectivity index (χ1v) is 12.7. The fourth-order valence-electron chi connectivity index (χ4n) is 4.81. The van der Waals surface area contributed by atoms with Crippen molar-refractivity contribution in [3.63, 3.8) is 0 Å². The molecule has 1 aliphatic rings. The monoisotopic (exact) mass is 524 g/mol. The normalized spacial score (nSPS) is 15.2. The highest BCUT2D eigenvalue weighted by atomic mass is 16.6. The number of aromatic nitrogens is 2.